The van der Waals surface area contributed by atoms with Gasteiger partial charge >= 0.3 is 6.18 Å². The van der Waals surface area contributed by atoms with E-state index in [2.05, 4.69) is 25.3 Å². The van der Waals surface area contributed by atoms with Gasteiger partial charge in [0.1, 0.15) is 11.6 Å². The number of aromatic nitrogens is 4. The van der Waals surface area contributed by atoms with Crippen molar-refractivity contribution in [3.05, 3.63) is 89.8 Å². The Bertz CT molecular complexity index is 1760. The minimum atomic E-state index is -4.60. The Labute approximate surface area is 218 Å². The highest BCUT2D eigenvalue weighted by molar-refractivity contribution is 6.06. The number of nitrogen functional groups attached to an aromatic ring is 1. The van der Waals surface area contributed by atoms with E-state index in [1.807, 2.05) is 0 Å². The van der Waals surface area contributed by atoms with Gasteiger partial charge in [0.25, 0.3) is 5.91 Å². The molecule has 2 aromatic carbocycles. The fourth-order valence-corrected chi connectivity index (χ4v) is 4.14. The molecule has 8 nitrogen and oxygen atoms in total. The van der Waals surface area contributed by atoms with Crippen molar-refractivity contribution in [3.63, 3.8) is 0 Å². The van der Waals surface area contributed by atoms with Gasteiger partial charge in [-0.3, -0.25) is 4.79 Å². The second kappa shape index (κ2) is 9.63. The molecule has 4 N–H and O–H groups in total. The molecule has 5 aromatic rings. The highest BCUT2D eigenvalue weighted by Crippen LogP contribution is 2.44. The van der Waals surface area contributed by atoms with E-state index in [4.69, 9.17) is 5.73 Å². The number of hydrogen-bond donors (Lipinski definition) is 3. The van der Waals surface area contributed by atoms with Crippen LogP contribution in [-0.2, 0) is 6.18 Å². The van der Waals surface area contributed by atoms with Crippen LogP contribution in [0.25, 0.3) is 33.2 Å². The third kappa shape index (κ3) is 5.04. The average molecular weight is 534 g/mol. The topological polar surface area (TPSA) is 127 Å². The van der Waals surface area contributed by atoms with Crippen LogP contribution in [0.15, 0.2) is 67.1 Å². The number of phenolic OH excluding ortho intramolecular Hbond substituents is 1. The van der Waals surface area contributed by atoms with Crippen LogP contribution in [0.3, 0.4) is 0 Å². The Hall–Kier alpha value is -5.13. The lowest BCUT2D eigenvalue weighted by Gasteiger charge is -2.16. The normalized spacial score (nSPS) is 11.5. The van der Waals surface area contributed by atoms with Crippen LogP contribution in [0.4, 0.5) is 29.3 Å². The number of alkyl halides is 3. The maximum absolute atomic E-state index is 14.0. The van der Waals surface area contributed by atoms with Gasteiger partial charge in [0.05, 0.1) is 16.6 Å². The molecule has 1 amide bonds. The van der Waals surface area contributed by atoms with Gasteiger partial charge in [0.2, 0.25) is 11.9 Å². The monoisotopic (exact) mass is 534 g/mol. The van der Waals surface area contributed by atoms with Crippen molar-refractivity contribution in [1.82, 2.24) is 19.9 Å². The number of nitrogens with zero attached hydrogens (tertiary/aromatic N) is 4. The minimum Gasteiger partial charge on any atom is -0.507 e. The van der Waals surface area contributed by atoms with Gasteiger partial charge in [-0.15, -0.1) is 0 Å². The zero-order chi connectivity index (χ0) is 27.9. The van der Waals surface area contributed by atoms with E-state index in [1.54, 1.807) is 19.1 Å². The Morgan fingerprint density at radius 2 is 1.74 bits per heavy atom. The van der Waals surface area contributed by atoms with E-state index in [1.165, 1.54) is 30.6 Å². The van der Waals surface area contributed by atoms with Gasteiger partial charge in [-0.2, -0.15) is 17.6 Å². The lowest BCUT2D eigenvalue weighted by molar-refractivity contribution is -0.137. The minimum absolute atomic E-state index is 0.0523. The van der Waals surface area contributed by atoms with Crippen LogP contribution >= 0.6 is 0 Å². The first-order valence-electron chi connectivity index (χ1n) is 11.4. The molecule has 0 saturated carbocycles. The lowest BCUT2D eigenvalue weighted by Crippen LogP contribution is -2.14. The summed E-state index contributed by atoms with van der Waals surface area (Å²) in [6.45, 7) is 1.75. The molecule has 0 unspecified atom stereocenters. The van der Waals surface area contributed by atoms with Crippen LogP contribution in [0.2, 0.25) is 0 Å². The average Bonchev–Trinajstić information content (AvgIpc) is 2.88. The van der Waals surface area contributed by atoms with Crippen molar-refractivity contribution in [2.75, 3.05) is 11.1 Å². The van der Waals surface area contributed by atoms with Gasteiger partial charge in [0.15, 0.2) is 0 Å². The molecule has 0 aliphatic carbocycles. The molecule has 0 aliphatic rings. The number of phenols is 1. The van der Waals surface area contributed by atoms with Crippen molar-refractivity contribution in [2.45, 2.75) is 13.1 Å². The van der Waals surface area contributed by atoms with Gasteiger partial charge in [0, 0.05) is 41.2 Å². The third-order valence-corrected chi connectivity index (χ3v) is 6.00. The third-order valence-electron chi connectivity index (χ3n) is 6.00. The summed E-state index contributed by atoms with van der Waals surface area (Å²) < 4.78 is 53.2. The zero-order valence-corrected chi connectivity index (χ0v) is 20.1. The van der Waals surface area contributed by atoms with E-state index in [0.717, 1.165) is 24.4 Å². The maximum atomic E-state index is 14.0. The number of benzene rings is 2. The Morgan fingerprint density at radius 3 is 2.49 bits per heavy atom. The molecule has 196 valence electrons. The molecule has 3 heterocycles. The zero-order valence-electron chi connectivity index (χ0n) is 20.1. The second-order valence-corrected chi connectivity index (χ2v) is 8.59. The predicted molar refractivity (Wildman–Crippen MR) is 136 cm³/mol. The maximum Gasteiger partial charge on any atom is 0.416 e. The summed E-state index contributed by atoms with van der Waals surface area (Å²) >= 11 is 0. The summed E-state index contributed by atoms with van der Waals surface area (Å²) in [7, 11) is 0. The van der Waals surface area contributed by atoms with E-state index in [9.17, 15) is 27.5 Å². The molecule has 0 bridgehead atoms. The molecule has 0 fully saturated rings. The number of carbonyl (C=O) groups excluding carboxylic acids is 1. The highest BCUT2D eigenvalue weighted by atomic mass is 19.4. The van der Waals surface area contributed by atoms with Gasteiger partial charge in [-0.25, -0.2) is 19.9 Å². The van der Waals surface area contributed by atoms with Gasteiger partial charge in [-0.05, 0) is 60.0 Å². The number of nitrogens with two attached hydrogens (primary N) is 1. The Balaban J connectivity index is 1.62. The van der Waals surface area contributed by atoms with Gasteiger partial charge in [-0.1, -0.05) is 6.07 Å². The molecular formula is C27H18F4N6O2. The van der Waals surface area contributed by atoms with E-state index < -0.39 is 23.6 Å². The molecule has 0 saturated heterocycles. The van der Waals surface area contributed by atoms with Crippen molar-refractivity contribution in [1.29, 1.82) is 0 Å². The summed E-state index contributed by atoms with van der Waals surface area (Å²) in [5.74, 6) is -2.07. The number of rotatable bonds is 4. The summed E-state index contributed by atoms with van der Waals surface area (Å²) in [6, 6.07) is 10.4. The molecule has 0 atom stereocenters. The van der Waals surface area contributed by atoms with E-state index in [-0.39, 0.29) is 45.3 Å². The Kier molecular flexibility index (Phi) is 6.30. The van der Waals surface area contributed by atoms with E-state index in [0.29, 0.717) is 16.5 Å². The number of nitrogens with one attached hydrogen (secondary N) is 1. The van der Waals surface area contributed by atoms with Crippen LogP contribution in [-0.4, -0.2) is 30.9 Å². The summed E-state index contributed by atoms with van der Waals surface area (Å²) in [5.41, 5.74) is 7.04. The molecule has 0 aliphatic heterocycles. The summed E-state index contributed by atoms with van der Waals surface area (Å²) in [5, 5.41) is 14.3. The summed E-state index contributed by atoms with van der Waals surface area (Å²) in [6.07, 6.45) is -0.959. The predicted octanol–water partition coefficient (Wildman–Crippen LogP) is 5.76. The van der Waals surface area contributed by atoms with Gasteiger partial charge < -0.3 is 16.2 Å². The molecule has 12 heteroatoms. The fraction of sp³-hybridized carbons (Fsp3) is 0.0741. The van der Waals surface area contributed by atoms with Crippen molar-refractivity contribution < 1.29 is 27.5 Å². The van der Waals surface area contributed by atoms with Crippen molar-refractivity contribution >= 4 is 28.6 Å². The van der Waals surface area contributed by atoms with Crippen LogP contribution < -0.4 is 11.1 Å². The SMILES string of the molecule is Cc1ccc(C(=O)Nc2cc(C(F)(F)F)ccn2)cc1-c1cc2cnc(N)nc2c(-c2ccnc(F)c2)c1O. The first-order chi connectivity index (χ1) is 18.5. The number of halogens is 4. The molecule has 0 radical (unpaired) electrons. The number of fused-ring (bicyclic) bond motifs is 1. The lowest BCUT2D eigenvalue weighted by atomic mass is 9.91. The molecular weight excluding hydrogens is 516 g/mol. The second-order valence-electron chi connectivity index (χ2n) is 8.59. The fourth-order valence-electron chi connectivity index (χ4n) is 4.14. The number of amides is 1. The number of carbonyl (C=O) groups is 1. The first kappa shape index (κ1) is 25.5. The highest BCUT2D eigenvalue weighted by Gasteiger charge is 2.31. The molecule has 0 spiro atoms. The van der Waals surface area contributed by atoms with Crippen LogP contribution in [0.5, 0.6) is 5.75 Å². The standard InChI is InChI=1S/C27H18F4N6O2/c1-13-2-3-15(25(39)36-21-11-17(5-7-34-21)27(29,30)31)8-18(13)19-9-16-12-35-26(32)37-23(16)22(24(19)38)14-4-6-33-20(28)10-14/h2-12,38H,1H3,(H2,32,35,37)(H,34,36,39). The van der Waals surface area contributed by atoms with Crippen LogP contribution in [0.1, 0.15) is 21.5 Å². The summed E-state index contributed by atoms with van der Waals surface area (Å²) in [4.78, 5) is 28.5. The smallest absolute Gasteiger partial charge is 0.416 e. The van der Waals surface area contributed by atoms with Crippen LogP contribution in [0, 0.1) is 12.9 Å². The number of pyridine rings is 2. The number of anilines is 2. The van der Waals surface area contributed by atoms with Crippen molar-refractivity contribution in [2.24, 2.45) is 0 Å². The molecule has 39 heavy (non-hydrogen) atoms. The number of aryl methyl sites for hydroxylation is 1. The van der Waals surface area contributed by atoms with E-state index >= 15 is 0 Å². The van der Waals surface area contributed by atoms with Crippen molar-refractivity contribution in [3.8, 4) is 28.0 Å². The molecule has 5 rings (SSSR count). The Morgan fingerprint density at radius 1 is 0.974 bits per heavy atom. The largest absolute Gasteiger partial charge is 0.507 e. The number of hydrogen-bond acceptors (Lipinski definition) is 7. The molecule has 3 aromatic heterocycles. The number of aromatic hydroxyl groups is 1. The first-order valence-corrected chi connectivity index (χ1v) is 11.4. The quantitative estimate of drug-likeness (QED) is 0.198.